The van der Waals surface area contributed by atoms with Gasteiger partial charge in [-0.15, -0.1) is 0 Å². The third-order valence-electron chi connectivity index (χ3n) is 6.94. The van der Waals surface area contributed by atoms with E-state index in [0.717, 1.165) is 38.4 Å². The molecule has 1 N–H and O–H groups in total. The molecular formula is C27H28N4O5. The quantitative estimate of drug-likeness (QED) is 0.620. The lowest BCUT2D eigenvalue weighted by molar-refractivity contribution is -0.132. The zero-order valence-corrected chi connectivity index (χ0v) is 20.0. The van der Waals surface area contributed by atoms with Gasteiger partial charge in [-0.2, -0.15) is 5.26 Å². The first-order valence-electron chi connectivity index (χ1n) is 12.2. The summed E-state index contributed by atoms with van der Waals surface area (Å²) in [5.41, 5.74) is 3.53. The minimum Gasteiger partial charge on any atom is -0.487 e. The highest BCUT2D eigenvalue weighted by atomic mass is 16.5. The summed E-state index contributed by atoms with van der Waals surface area (Å²) in [7, 11) is 0. The highest BCUT2D eigenvalue weighted by molar-refractivity contribution is 6.04. The van der Waals surface area contributed by atoms with Crippen molar-refractivity contribution in [1.82, 2.24) is 15.1 Å². The molecule has 3 heterocycles. The van der Waals surface area contributed by atoms with Crippen LogP contribution in [0.1, 0.15) is 51.9 Å². The number of nitriles is 1. The maximum Gasteiger partial charge on any atom is 0.255 e. The van der Waals surface area contributed by atoms with Gasteiger partial charge in [-0.1, -0.05) is 24.3 Å². The maximum absolute atomic E-state index is 13.2. The van der Waals surface area contributed by atoms with E-state index < -0.39 is 11.9 Å². The zero-order valence-electron chi connectivity index (χ0n) is 20.0. The molecule has 0 saturated carbocycles. The smallest absolute Gasteiger partial charge is 0.255 e. The van der Waals surface area contributed by atoms with Gasteiger partial charge in [0.2, 0.25) is 11.8 Å². The molecule has 2 aromatic rings. The van der Waals surface area contributed by atoms with Crippen LogP contribution >= 0.6 is 0 Å². The van der Waals surface area contributed by atoms with Crippen molar-refractivity contribution in [2.24, 2.45) is 0 Å². The molecule has 36 heavy (non-hydrogen) atoms. The van der Waals surface area contributed by atoms with Gasteiger partial charge in [0.25, 0.3) is 5.91 Å². The topological polar surface area (TPSA) is 112 Å². The molecule has 3 aliphatic heterocycles. The maximum atomic E-state index is 13.2. The molecule has 2 fully saturated rings. The number of fused-ring (bicyclic) bond motifs is 1. The van der Waals surface area contributed by atoms with Crippen molar-refractivity contribution in [3.8, 4) is 11.8 Å². The van der Waals surface area contributed by atoms with E-state index in [4.69, 9.17) is 9.47 Å². The molecule has 186 valence electrons. The third-order valence-corrected chi connectivity index (χ3v) is 6.94. The molecule has 9 nitrogen and oxygen atoms in total. The lowest BCUT2D eigenvalue weighted by atomic mass is 10.0. The first kappa shape index (κ1) is 24.0. The number of imide groups is 1. The average Bonchev–Trinajstić information content (AvgIpc) is 3.12. The Balaban J connectivity index is 1.30. The number of carbonyl (C=O) groups excluding carboxylic acids is 3. The fourth-order valence-corrected chi connectivity index (χ4v) is 4.97. The largest absolute Gasteiger partial charge is 0.487 e. The van der Waals surface area contributed by atoms with Crippen LogP contribution in [0.3, 0.4) is 0 Å². The zero-order chi connectivity index (χ0) is 25.1. The van der Waals surface area contributed by atoms with Crippen LogP contribution in [-0.4, -0.2) is 59.9 Å². The number of ether oxygens (including phenoxy) is 2. The Kier molecular flexibility index (Phi) is 6.98. The van der Waals surface area contributed by atoms with Gasteiger partial charge in [0.05, 0.1) is 25.3 Å². The number of benzene rings is 2. The van der Waals surface area contributed by atoms with Gasteiger partial charge in [-0.3, -0.25) is 24.6 Å². The molecule has 9 heteroatoms. The second-order valence-electron chi connectivity index (χ2n) is 9.33. The number of morpholine rings is 1. The molecule has 2 saturated heterocycles. The van der Waals surface area contributed by atoms with Crippen LogP contribution in [0.2, 0.25) is 0 Å². The Morgan fingerprint density at radius 2 is 1.81 bits per heavy atom. The molecule has 0 spiro atoms. The van der Waals surface area contributed by atoms with Crippen LogP contribution in [0.25, 0.3) is 0 Å². The second kappa shape index (κ2) is 10.5. The third kappa shape index (κ3) is 4.96. The Morgan fingerprint density at radius 3 is 2.56 bits per heavy atom. The Labute approximate surface area is 209 Å². The van der Waals surface area contributed by atoms with Crippen molar-refractivity contribution in [2.75, 3.05) is 26.3 Å². The molecule has 0 aromatic heterocycles. The van der Waals surface area contributed by atoms with Crippen LogP contribution in [-0.2, 0) is 34.0 Å². The molecule has 3 amide bonds. The van der Waals surface area contributed by atoms with E-state index in [1.807, 2.05) is 12.1 Å². The number of hydrogen-bond donors (Lipinski definition) is 1. The molecule has 3 aliphatic rings. The Hall–Kier alpha value is -3.74. The molecule has 2 aromatic carbocycles. The van der Waals surface area contributed by atoms with Gasteiger partial charge in [0, 0.05) is 37.2 Å². The number of hydrogen-bond acceptors (Lipinski definition) is 7. The Bertz CT molecular complexity index is 1210. The SMILES string of the molecule is N#Cc1ccc2c(c1OCc1ccc(CN3CCOCC3)cc1)CN(C1CCCC(=O)NC1=O)C2=O. The van der Waals surface area contributed by atoms with Gasteiger partial charge in [0.1, 0.15) is 24.5 Å². The predicted octanol–water partition coefficient (Wildman–Crippen LogP) is 2.12. The summed E-state index contributed by atoms with van der Waals surface area (Å²) in [4.78, 5) is 41.3. The second-order valence-corrected chi connectivity index (χ2v) is 9.33. The normalized spacial score (nSPS) is 20.5. The summed E-state index contributed by atoms with van der Waals surface area (Å²) in [6, 6.07) is 12.8. The molecule has 0 bridgehead atoms. The molecule has 0 aliphatic carbocycles. The van der Waals surface area contributed by atoms with Crippen LogP contribution in [0.4, 0.5) is 0 Å². The van der Waals surface area contributed by atoms with E-state index >= 15 is 0 Å². The number of rotatable bonds is 6. The predicted molar refractivity (Wildman–Crippen MR) is 129 cm³/mol. The van der Waals surface area contributed by atoms with Crippen LogP contribution in [0.5, 0.6) is 5.75 Å². The van der Waals surface area contributed by atoms with E-state index in [0.29, 0.717) is 35.3 Å². The van der Waals surface area contributed by atoms with E-state index in [2.05, 4.69) is 28.4 Å². The molecule has 1 atom stereocenters. The van der Waals surface area contributed by atoms with Crippen molar-refractivity contribution < 1.29 is 23.9 Å². The van der Waals surface area contributed by atoms with Gasteiger partial charge >= 0.3 is 0 Å². The fraction of sp³-hybridized carbons (Fsp3) is 0.407. The molecule has 5 rings (SSSR count). The van der Waals surface area contributed by atoms with Crippen LogP contribution < -0.4 is 10.1 Å². The summed E-state index contributed by atoms with van der Waals surface area (Å²) in [5, 5.41) is 12.0. The van der Waals surface area contributed by atoms with E-state index in [1.54, 1.807) is 12.1 Å². The van der Waals surface area contributed by atoms with Crippen molar-refractivity contribution >= 4 is 17.7 Å². The van der Waals surface area contributed by atoms with E-state index in [-0.39, 0.29) is 31.4 Å². The minimum absolute atomic E-state index is 0.157. The van der Waals surface area contributed by atoms with Crippen molar-refractivity contribution in [3.05, 3.63) is 64.2 Å². The van der Waals surface area contributed by atoms with Crippen LogP contribution in [0, 0.1) is 11.3 Å². The van der Waals surface area contributed by atoms with E-state index in [9.17, 15) is 19.6 Å². The summed E-state index contributed by atoms with van der Waals surface area (Å²) < 4.78 is 11.5. The highest BCUT2D eigenvalue weighted by Crippen LogP contribution is 2.36. The number of amides is 3. The summed E-state index contributed by atoms with van der Waals surface area (Å²) in [6.45, 7) is 4.65. The molecule has 1 unspecified atom stereocenters. The number of nitrogens with zero attached hydrogens (tertiary/aromatic N) is 3. The van der Waals surface area contributed by atoms with Gasteiger partial charge in [0.15, 0.2) is 0 Å². The van der Waals surface area contributed by atoms with Gasteiger partial charge in [-0.25, -0.2) is 0 Å². The number of nitrogens with one attached hydrogen (secondary N) is 1. The summed E-state index contributed by atoms with van der Waals surface area (Å²) in [5.74, 6) is -0.702. The lowest BCUT2D eigenvalue weighted by Gasteiger charge is -2.26. The first-order chi connectivity index (χ1) is 17.5. The van der Waals surface area contributed by atoms with Crippen molar-refractivity contribution in [3.63, 3.8) is 0 Å². The van der Waals surface area contributed by atoms with Crippen LogP contribution in [0.15, 0.2) is 36.4 Å². The average molecular weight is 489 g/mol. The Morgan fingerprint density at radius 1 is 1.06 bits per heavy atom. The monoisotopic (exact) mass is 488 g/mol. The standard InChI is InChI=1S/C27H28N4O5/c28-14-20-8-9-21-22(16-31(27(21)34)23-2-1-3-24(32)29-26(23)33)25(20)36-17-19-6-4-18(5-7-19)15-30-10-12-35-13-11-30/h4-9,23H,1-3,10-13,15-17H2,(H,29,32,33). The van der Waals surface area contributed by atoms with Gasteiger partial charge in [-0.05, 0) is 36.1 Å². The van der Waals surface area contributed by atoms with Crippen molar-refractivity contribution in [2.45, 2.75) is 45.0 Å². The minimum atomic E-state index is -0.728. The summed E-state index contributed by atoms with van der Waals surface area (Å²) in [6.07, 6.45) is 1.20. The fourth-order valence-electron chi connectivity index (χ4n) is 4.97. The van der Waals surface area contributed by atoms with E-state index in [1.165, 1.54) is 10.5 Å². The first-order valence-corrected chi connectivity index (χ1v) is 12.2. The molecule has 0 radical (unpaired) electrons. The number of carbonyl (C=O) groups is 3. The molecular weight excluding hydrogens is 460 g/mol. The lowest BCUT2D eigenvalue weighted by Crippen LogP contribution is -2.46. The van der Waals surface area contributed by atoms with Gasteiger partial charge < -0.3 is 14.4 Å². The highest BCUT2D eigenvalue weighted by Gasteiger charge is 2.39. The summed E-state index contributed by atoms with van der Waals surface area (Å²) >= 11 is 0. The van der Waals surface area contributed by atoms with Crippen molar-refractivity contribution in [1.29, 1.82) is 5.26 Å².